The highest BCUT2D eigenvalue weighted by Gasteiger charge is 2.33. The Balaban J connectivity index is 1.34. The van der Waals surface area contributed by atoms with E-state index in [1.165, 1.54) is 18.9 Å². The molecule has 1 fully saturated rings. The van der Waals surface area contributed by atoms with Crippen molar-refractivity contribution in [2.75, 3.05) is 26.1 Å². The fourth-order valence-corrected chi connectivity index (χ4v) is 5.16. The predicted molar refractivity (Wildman–Crippen MR) is 166 cm³/mol. The average molecular weight is 580 g/mol. The molecule has 42 heavy (non-hydrogen) atoms. The van der Waals surface area contributed by atoms with E-state index in [1.54, 1.807) is 42.4 Å². The van der Waals surface area contributed by atoms with E-state index in [-0.39, 0.29) is 18.4 Å². The quantitative estimate of drug-likeness (QED) is 0.215. The fourth-order valence-electron chi connectivity index (χ4n) is 4.16. The second-order valence-corrected chi connectivity index (χ2v) is 10.2. The minimum atomic E-state index is -0.287. The second-order valence-electron chi connectivity index (χ2n) is 9.19. The lowest BCUT2D eigenvalue weighted by atomic mass is 10.1. The summed E-state index contributed by atoms with van der Waals surface area (Å²) in [6.07, 6.45) is 1.80. The van der Waals surface area contributed by atoms with Gasteiger partial charge in [0.2, 0.25) is 0 Å². The van der Waals surface area contributed by atoms with Gasteiger partial charge in [0.05, 0.1) is 31.4 Å². The van der Waals surface area contributed by atoms with Gasteiger partial charge in [-0.05, 0) is 77.5 Å². The van der Waals surface area contributed by atoms with Gasteiger partial charge >= 0.3 is 0 Å². The van der Waals surface area contributed by atoms with Crippen molar-refractivity contribution in [1.82, 2.24) is 4.90 Å². The number of hydrogen-bond acceptors (Lipinski definition) is 7. The van der Waals surface area contributed by atoms with Gasteiger partial charge < -0.3 is 19.5 Å². The smallest absolute Gasteiger partial charge is 0.267 e. The van der Waals surface area contributed by atoms with Gasteiger partial charge in [0.15, 0.2) is 23.3 Å². The molecule has 0 spiro atoms. The lowest BCUT2D eigenvalue weighted by Gasteiger charge is -2.16. The van der Waals surface area contributed by atoms with Crippen LogP contribution in [0.5, 0.6) is 17.2 Å². The van der Waals surface area contributed by atoms with Crippen molar-refractivity contribution >= 4 is 46.2 Å². The Morgan fingerprint density at radius 1 is 0.881 bits per heavy atom. The van der Waals surface area contributed by atoms with E-state index in [0.29, 0.717) is 33.8 Å². The zero-order chi connectivity index (χ0) is 29.3. The molecule has 0 radical (unpaired) electrons. The number of nitrogens with one attached hydrogen (secondary N) is 1. The van der Waals surface area contributed by atoms with Crippen LogP contribution in [-0.2, 0) is 16.1 Å². The van der Waals surface area contributed by atoms with Crippen molar-refractivity contribution in [3.05, 3.63) is 119 Å². The zero-order valence-electron chi connectivity index (χ0n) is 23.2. The van der Waals surface area contributed by atoms with Crippen LogP contribution in [0.2, 0.25) is 0 Å². The van der Waals surface area contributed by atoms with Crippen LogP contribution in [0.25, 0.3) is 6.08 Å². The zero-order valence-corrected chi connectivity index (χ0v) is 24.0. The highest BCUT2D eigenvalue weighted by molar-refractivity contribution is 8.18. The first kappa shape index (κ1) is 28.5. The van der Waals surface area contributed by atoms with Crippen molar-refractivity contribution in [3.8, 4) is 17.2 Å². The van der Waals surface area contributed by atoms with Gasteiger partial charge in [-0.15, -0.1) is 0 Å². The number of carbonyl (C=O) groups excluding carboxylic acids is 2. The van der Waals surface area contributed by atoms with E-state index < -0.39 is 0 Å². The number of aliphatic imine (C=N–C) groups is 1. The largest absolute Gasteiger partial charge is 0.497 e. The molecule has 4 aromatic rings. The molecule has 0 atom stereocenters. The number of ether oxygens (including phenoxy) is 3. The summed E-state index contributed by atoms with van der Waals surface area (Å²) < 4.78 is 16.5. The average Bonchev–Trinajstić information content (AvgIpc) is 3.30. The number of nitrogens with zero attached hydrogens (tertiary/aromatic N) is 2. The van der Waals surface area contributed by atoms with E-state index in [0.717, 1.165) is 22.6 Å². The lowest BCUT2D eigenvalue weighted by molar-refractivity contribution is -0.122. The molecule has 2 amide bonds. The van der Waals surface area contributed by atoms with Crippen LogP contribution in [0, 0.1) is 0 Å². The van der Waals surface area contributed by atoms with Crippen LogP contribution in [0.1, 0.15) is 11.1 Å². The highest BCUT2D eigenvalue weighted by atomic mass is 32.2. The number of rotatable bonds is 10. The van der Waals surface area contributed by atoms with Gasteiger partial charge in [-0.1, -0.05) is 54.6 Å². The summed E-state index contributed by atoms with van der Waals surface area (Å²) in [6.45, 7) is 0.180. The number of thioether (sulfide) groups is 1. The van der Waals surface area contributed by atoms with E-state index in [4.69, 9.17) is 19.2 Å². The third-order valence-electron chi connectivity index (χ3n) is 6.27. The molecule has 0 unspecified atom stereocenters. The molecule has 1 aliphatic rings. The Bertz CT molecular complexity index is 1610. The van der Waals surface area contributed by atoms with Crippen molar-refractivity contribution in [2.24, 2.45) is 4.99 Å². The number of para-hydroxylation sites is 2. The van der Waals surface area contributed by atoms with Gasteiger partial charge in [-0.3, -0.25) is 14.5 Å². The number of hydrogen-bond donors (Lipinski definition) is 1. The molecule has 9 heteroatoms. The van der Waals surface area contributed by atoms with Crippen LogP contribution < -0.4 is 19.5 Å². The van der Waals surface area contributed by atoms with Crippen molar-refractivity contribution in [2.45, 2.75) is 6.54 Å². The standard InChI is InChI=1S/C33H29N3O5S/c1-39-27-16-13-23(14-17-27)21-36-32(38)30(42-33(36)35-26-11-7-4-8-12-26)20-24-15-18-28(29(19-24)40-2)41-22-31(37)34-25-9-5-3-6-10-25/h3-20H,21-22H2,1-2H3,(H,34,37)/b30-20-,35-33?. The predicted octanol–water partition coefficient (Wildman–Crippen LogP) is 6.53. The molecule has 1 saturated heterocycles. The Hall–Kier alpha value is -5.02. The molecule has 4 aromatic carbocycles. The molecular weight excluding hydrogens is 550 g/mol. The van der Waals surface area contributed by atoms with E-state index in [1.807, 2.05) is 78.9 Å². The molecular formula is C33H29N3O5S. The number of anilines is 1. The van der Waals surface area contributed by atoms with Crippen LogP contribution in [0.3, 0.4) is 0 Å². The molecule has 1 N–H and O–H groups in total. The fraction of sp³-hybridized carbons (Fsp3) is 0.121. The first-order valence-corrected chi connectivity index (χ1v) is 14.0. The number of amides is 2. The number of carbonyl (C=O) groups is 2. The summed E-state index contributed by atoms with van der Waals surface area (Å²) in [4.78, 5) is 32.9. The van der Waals surface area contributed by atoms with Crippen molar-refractivity contribution < 1.29 is 23.8 Å². The normalized spacial score (nSPS) is 14.7. The van der Waals surface area contributed by atoms with Crippen molar-refractivity contribution in [1.29, 1.82) is 0 Å². The number of methoxy groups -OCH3 is 2. The van der Waals surface area contributed by atoms with Crippen LogP contribution in [0.4, 0.5) is 11.4 Å². The van der Waals surface area contributed by atoms with Gasteiger partial charge in [0.25, 0.3) is 11.8 Å². The maximum absolute atomic E-state index is 13.6. The molecule has 1 heterocycles. The first-order chi connectivity index (χ1) is 20.5. The molecule has 8 nitrogen and oxygen atoms in total. The van der Waals surface area contributed by atoms with Crippen LogP contribution >= 0.6 is 11.8 Å². The van der Waals surface area contributed by atoms with E-state index >= 15 is 0 Å². The van der Waals surface area contributed by atoms with Crippen LogP contribution in [0.15, 0.2) is 113 Å². The topological polar surface area (TPSA) is 89.5 Å². The first-order valence-electron chi connectivity index (χ1n) is 13.2. The molecule has 5 rings (SSSR count). The Kier molecular flexibility index (Phi) is 9.20. The van der Waals surface area contributed by atoms with E-state index in [9.17, 15) is 9.59 Å². The summed E-state index contributed by atoms with van der Waals surface area (Å²) >= 11 is 1.31. The summed E-state index contributed by atoms with van der Waals surface area (Å²) in [5, 5.41) is 3.37. The lowest BCUT2D eigenvalue weighted by Crippen LogP contribution is -2.28. The summed E-state index contributed by atoms with van der Waals surface area (Å²) in [7, 11) is 3.15. The molecule has 0 bridgehead atoms. The van der Waals surface area contributed by atoms with Crippen LogP contribution in [-0.4, -0.2) is 42.7 Å². The van der Waals surface area contributed by atoms with Gasteiger partial charge in [-0.25, -0.2) is 4.99 Å². The van der Waals surface area contributed by atoms with Crippen molar-refractivity contribution in [3.63, 3.8) is 0 Å². The number of amidine groups is 1. The SMILES string of the molecule is COc1ccc(CN2C(=O)/C(=C/c3ccc(OCC(=O)Nc4ccccc4)c(OC)c3)SC2=Nc2ccccc2)cc1. The molecule has 212 valence electrons. The maximum atomic E-state index is 13.6. The third-order valence-corrected chi connectivity index (χ3v) is 7.28. The monoisotopic (exact) mass is 579 g/mol. The van der Waals surface area contributed by atoms with Gasteiger partial charge in [0.1, 0.15) is 5.75 Å². The minimum Gasteiger partial charge on any atom is -0.497 e. The third kappa shape index (κ3) is 7.18. The minimum absolute atomic E-state index is 0.151. The molecule has 0 aliphatic carbocycles. The molecule has 0 aromatic heterocycles. The highest BCUT2D eigenvalue weighted by Crippen LogP contribution is 2.37. The Morgan fingerprint density at radius 2 is 1.60 bits per heavy atom. The molecule has 0 saturated carbocycles. The summed E-state index contributed by atoms with van der Waals surface area (Å²) in [6, 6.07) is 31.6. The summed E-state index contributed by atoms with van der Waals surface area (Å²) in [5.74, 6) is 1.17. The second kappa shape index (κ2) is 13.6. The van der Waals surface area contributed by atoms with Gasteiger partial charge in [0, 0.05) is 5.69 Å². The summed E-state index contributed by atoms with van der Waals surface area (Å²) in [5.41, 5.74) is 3.14. The Labute approximate surface area is 248 Å². The van der Waals surface area contributed by atoms with Gasteiger partial charge in [-0.2, -0.15) is 0 Å². The van der Waals surface area contributed by atoms with E-state index in [2.05, 4.69) is 5.32 Å². The number of benzene rings is 4. The maximum Gasteiger partial charge on any atom is 0.267 e. The Morgan fingerprint density at radius 3 is 2.29 bits per heavy atom. The molecule has 1 aliphatic heterocycles.